The summed E-state index contributed by atoms with van der Waals surface area (Å²) in [7, 11) is 0. The van der Waals surface area contributed by atoms with Crippen LogP contribution in [0.3, 0.4) is 0 Å². The van der Waals surface area contributed by atoms with Crippen molar-refractivity contribution in [1.29, 1.82) is 0 Å². The third kappa shape index (κ3) is 5.09. The van der Waals surface area contributed by atoms with Crippen LogP contribution in [0.1, 0.15) is 46.6 Å². The van der Waals surface area contributed by atoms with Gasteiger partial charge in [0.1, 0.15) is 5.75 Å². The lowest BCUT2D eigenvalue weighted by molar-refractivity contribution is 0.242. The summed E-state index contributed by atoms with van der Waals surface area (Å²) in [6.07, 6.45) is 1.40. The molecule has 0 amide bonds. The van der Waals surface area contributed by atoms with Crippen molar-refractivity contribution >= 4 is 0 Å². The van der Waals surface area contributed by atoms with Crippen molar-refractivity contribution in [3.63, 3.8) is 0 Å². The van der Waals surface area contributed by atoms with E-state index in [9.17, 15) is 0 Å². The van der Waals surface area contributed by atoms with Gasteiger partial charge in [0.15, 0.2) is 0 Å². The van der Waals surface area contributed by atoms with Crippen molar-refractivity contribution < 1.29 is 4.74 Å². The number of hydrogen-bond donors (Lipinski definition) is 1. The minimum Gasteiger partial charge on any atom is -0.491 e. The van der Waals surface area contributed by atoms with Crippen molar-refractivity contribution in [2.24, 2.45) is 5.92 Å². The lowest BCUT2D eigenvalue weighted by atomic mass is 10.0. The van der Waals surface area contributed by atoms with Crippen LogP contribution in [0.15, 0.2) is 24.3 Å². The molecule has 1 aromatic carbocycles. The molecule has 1 aromatic rings. The van der Waals surface area contributed by atoms with Crippen molar-refractivity contribution in [1.82, 2.24) is 5.32 Å². The molecule has 0 fully saturated rings. The second-order valence-corrected chi connectivity index (χ2v) is 5.45. The highest BCUT2D eigenvalue weighted by atomic mass is 16.5. The third-order valence-corrected chi connectivity index (χ3v) is 3.08. The molecule has 0 aliphatic heterocycles. The second-order valence-electron chi connectivity index (χ2n) is 5.45. The molecule has 0 bridgehead atoms. The zero-order valence-corrected chi connectivity index (χ0v) is 12.4. The highest BCUT2D eigenvalue weighted by Gasteiger charge is 2.09. The molecule has 1 atom stereocenters. The van der Waals surface area contributed by atoms with Gasteiger partial charge in [0.2, 0.25) is 0 Å². The predicted molar refractivity (Wildman–Crippen MR) is 78.0 cm³/mol. The van der Waals surface area contributed by atoms with E-state index in [4.69, 9.17) is 4.74 Å². The molecule has 0 saturated carbocycles. The van der Waals surface area contributed by atoms with Gasteiger partial charge < -0.3 is 10.1 Å². The van der Waals surface area contributed by atoms with Gasteiger partial charge in [-0.3, -0.25) is 0 Å². The maximum atomic E-state index is 5.71. The van der Waals surface area contributed by atoms with Crippen molar-refractivity contribution in [3.8, 4) is 5.75 Å². The monoisotopic (exact) mass is 249 g/mol. The van der Waals surface area contributed by atoms with Crippen LogP contribution in [-0.4, -0.2) is 12.1 Å². The molecule has 18 heavy (non-hydrogen) atoms. The summed E-state index contributed by atoms with van der Waals surface area (Å²) in [6, 6.07) is 8.93. The topological polar surface area (TPSA) is 21.3 Å². The van der Waals surface area contributed by atoms with Gasteiger partial charge in [-0.2, -0.15) is 0 Å². The summed E-state index contributed by atoms with van der Waals surface area (Å²) >= 11 is 0. The molecule has 0 saturated heterocycles. The SMILES string of the molecule is CCC(NCc1cccc(OC(C)C)c1)C(C)C. The Morgan fingerprint density at radius 3 is 2.44 bits per heavy atom. The smallest absolute Gasteiger partial charge is 0.120 e. The summed E-state index contributed by atoms with van der Waals surface area (Å²) in [6.45, 7) is 11.8. The number of nitrogens with one attached hydrogen (secondary N) is 1. The number of benzene rings is 1. The second kappa shape index (κ2) is 7.42. The Morgan fingerprint density at radius 2 is 1.89 bits per heavy atom. The molecule has 0 aliphatic carbocycles. The Morgan fingerprint density at radius 1 is 1.17 bits per heavy atom. The Labute approximate surface area is 112 Å². The molecule has 0 spiro atoms. The quantitative estimate of drug-likeness (QED) is 0.788. The molecule has 1 unspecified atom stereocenters. The summed E-state index contributed by atoms with van der Waals surface area (Å²) in [5.74, 6) is 1.63. The fourth-order valence-corrected chi connectivity index (χ4v) is 2.10. The molecule has 0 heterocycles. The van der Waals surface area contributed by atoms with Gasteiger partial charge in [0.25, 0.3) is 0 Å². The molecule has 1 N–H and O–H groups in total. The largest absolute Gasteiger partial charge is 0.491 e. The van der Waals surface area contributed by atoms with Gasteiger partial charge >= 0.3 is 0 Å². The predicted octanol–water partition coefficient (Wildman–Crippen LogP) is 4.00. The van der Waals surface area contributed by atoms with E-state index < -0.39 is 0 Å². The fourth-order valence-electron chi connectivity index (χ4n) is 2.10. The lowest BCUT2D eigenvalue weighted by Crippen LogP contribution is -2.32. The van der Waals surface area contributed by atoms with E-state index in [0.29, 0.717) is 12.0 Å². The first-order valence-corrected chi connectivity index (χ1v) is 7.02. The van der Waals surface area contributed by atoms with E-state index >= 15 is 0 Å². The van der Waals surface area contributed by atoms with E-state index in [1.54, 1.807) is 0 Å². The molecule has 2 nitrogen and oxygen atoms in total. The molecule has 1 rings (SSSR count). The normalized spacial score (nSPS) is 13.1. The highest BCUT2D eigenvalue weighted by molar-refractivity contribution is 5.28. The van der Waals surface area contributed by atoms with Crippen LogP contribution in [0.25, 0.3) is 0 Å². The molecule has 0 aromatic heterocycles. The van der Waals surface area contributed by atoms with E-state index in [1.807, 2.05) is 6.07 Å². The van der Waals surface area contributed by atoms with Crippen LogP contribution in [0.5, 0.6) is 5.75 Å². The summed E-state index contributed by atoms with van der Waals surface area (Å²) in [5, 5.41) is 3.61. The van der Waals surface area contributed by atoms with Crippen molar-refractivity contribution in [2.75, 3.05) is 0 Å². The van der Waals surface area contributed by atoms with Crippen LogP contribution in [0, 0.1) is 5.92 Å². The van der Waals surface area contributed by atoms with E-state index in [2.05, 4.69) is 58.1 Å². The summed E-state index contributed by atoms with van der Waals surface area (Å²) < 4.78 is 5.71. The molecule has 2 heteroatoms. The number of rotatable bonds is 7. The Hall–Kier alpha value is -1.02. The molecular weight excluding hydrogens is 222 g/mol. The maximum absolute atomic E-state index is 5.71. The van der Waals surface area contributed by atoms with Gasteiger partial charge in [-0.15, -0.1) is 0 Å². The van der Waals surface area contributed by atoms with E-state index in [0.717, 1.165) is 12.3 Å². The van der Waals surface area contributed by atoms with Crippen LogP contribution in [0.4, 0.5) is 0 Å². The van der Waals surface area contributed by atoms with Crippen LogP contribution in [0.2, 0.25) is 0 Å². The van der Waals surface area contributed by atoms with Gasteiger partial charge in [0, 0.05) is 12.6 Å². The molecular formula is C16H27NO. The molecule has 102 valence electrons. The number of hydrogen-bond acceptors (Lipinski definition) is 2. The minimum absolute atomic E-state index is 0.229. The van der Waals surface area contributed by atoms with Gasteiger partial charge in [0.05, 0.1) is 6.10 Å². The average molecular weight is 249 g/mol. The molecule has 0 aliphatic rings. The Balaban J connectivity index is 2.56. The van der Waals surface area contributed by atoms with Crippen LogP contribution < -0.4 is 10.1 Å². The van der Waals surface area contributed by atoms with Crippen molar-refractivity contribution in [2.45, 2.75) is 59.7 Å². The minimum atomic E-state index is 0.229. The maximum Gasteiger partial charge on any atom is 0.120 e. The van der Waals surface area contributed by atoms with Crippen LogP contribution in [-0.2, 0) is 6.54 Å². The van der Waals surface area contributed by atoms with Crippen molar-refractivity contribution in [3.05, 3.63) is 29.8 Å². The van der Waals surface area contributed by atoms with Gasteiger partial charge in [-0.05, 0) is 43.9 Å². The zero-order valence-electron chi connectivity index (χ0n) is 12.4. The Bertz CT molecular complexity index is 347. The van der Waals surface area contributed by atoms with Crippen LogP contribution >= 0.6 is 0 Å². The van der Waals surface area contributed by atoms with E-state index in [1.165, 1.54) is 12.0 Å². The van der Waals surface area contributed by atoms with E-state index in [-0.39, 0.29) is 6.10 Å². The highest BCUT2D eigenvalue weighted by Crippen LogP contribution is 2.15. The average Bonchev–Trinajstić information content (AvgIpc) is 2.29. The summed E-state index contributed by atoms with van der Waals surface area (Å²) in [4.78, 5) is 0. The van der Waals surface area contributed by atoms with Gasteiger partial charge in [-0.25, -0.2) is 0 Å². The lowest BCUT2D eigenvalue weighted by Gasteiger charge is -2.21. The fraction of sp³-hybridized carbons (Fsp3) is 0.625. The standard InChI is InChI=1S/C16H27NO/c1-6-16(12(2)3)17-11-14-8-7-9-15(10-14)18-13(4)5/h7-10,12-13,16-17H,6,11H2,1-5H3. The Kier molecular flexibility index (Phi) is 6.20. The number of ether oxygens (including phenoxy) is 1. The summed E-state index contributed by atoms with van der Waals surface area (Å²) in [5.41, 5.74) is 1.28. The first-order chi connectivity index (χ1) is 8.52. The zero-order chi connectivity index (χ0) is 13.5. The molecule has 0 radical (unpaired) electrons. The third-order valence-electron chi connectivity index (χ3n) is 3.08. The first-order valence-electron chi connectivity index (χ1n) is 7.02. The first kappa shape index (κ1) is 15.0. The van der Waals surface area contributed by atoms with Gasteiger partial charge in [-0.1, -0.05) is 32.9 Å².